The van der Waals surface area contributed by atoms with Crippen molar-refractivity contribution >= 4 is 19.4 Å². The van der Waals surface area contributed by atoms with Gasteiger partial charge in [0.2, 0.25) is 0 Å². The summed E-state index contributed by atoms with van der Waals surface area (Å²) in [5.41, 5.74) is 0. The summed E-state index contributed by atoms with van der Waals surface area (Å²) in [7, 11) is 1.10. The van der Waals surface area contributed by atoms with Gasteiger partial charge in [0.25, 0.3) is 6.47 Å². The number of carbonyl (C=O) groups excluding carboxylic acids is 1. The number of carbonyl (C=O) groups is 3. The predicted octanol–water partition coefficient (Wildman–Crippen LogP) is -0.0608. The molecular weight excluding hydrogens is 144 g/mol. The Bertz CT molecular complexity index is 84.7. The molecule has 0 aromatic rings. The standard InChI is InChI=1S/C2H4O3.CH2O2.CH2O/c1-5-2(3)4;2-1-3;1-2/h1H3,(H,3,4);1H,(H,2,3);1H2/p+1. The van der Waals surface area contributed by atoms with Crippen LogP contribution in [0.25, 0.3) is 0 Å². The molecule has 6 nitrogen and oxygen atoms in total. The molecule has 0 bridgehead atoms. The summed E-state index contributed by atoms with van der Waals surface area (Å²) < 4.78 is 3.67. The van der Waals surface area contributed by atoms with Gasteiger partial charge in [0.05, 0.1) is 7.11 Å². The van der Waals surface area contributed by atoms with E-state index < -0.39 is 6.16 Å². The van der Waals surface area contributed by atoms with Gasteiger partial charge in [0.1, 0.15) is 6.79 Å². The Morgan fingerprint density at radius 3 is 1.80 bits per heavy atom. The van der Waals surface area contributed by atoms with E-state index in [0.29, 0.717) is 0 Å². The van der Waals surface area contributed by atoms with E-state index >= 15 is 0 Å². The third-order valence-electron chi connectivity index (χ3n) is 0.175. The number of hydrogen-bond acceptors (Lipinski definition) is 4. The zero-order valence-corrected chi connectivity index (χ0v) is 5.31. The molecule has 0 radical (unpaired) electrons. The highest BCUT2D eigenvalue weighted by Crippen LogP contribution is 1.60. The molecule has 0 aliphatic heterocycles. The first kappa shape index (κ1) is 15.8. The minimum Gasteiger partial charge on any atom is -0.483 e. The lowest BCUT2D eigenvalue weighted by Crippen LogP contribution is -1.91. The number of hydrogen-bond donors (Lipinski definition) is 2. The van der Waals surface area contributed by atoms with Gasteiger partial charge in [0, 0.05) is 0 Å². The summed E-state index contributed by atoms with van der Waals surface area (Å²) in [5.74, 6) is 0. The van der Waals surface area contributed by atoms with Crippen LogP contribution in [-0.2, 0) is 14.3 Å². The van der Waals surface area contributed by atoms with Gasteiger partial charge in [-0.05, 0) is 0 Å². The first-order valence-electron chi connectivity index (χ1n) is 1.82. The Balaban J connectivity index is -0.0000000360. The van der Waals surface area contributed by atoms with Crippen LogP contribution in [0.3, 0.4) is 0 Å². The van der Waals surface area contributed by atoms with Gasteiger partial charge >= 0.3 is 7.58 Å². The highest BCUT2D eigenvalue weighted by atomic mass is 16.6. The van der Waals surface area contributed by atoms with Crippen LogP contribution in [0, 0.1) is 0 Å². The maximum absolute atomic E-state index is 9.15. The van der Waals surface area contributed by atoms with Gasteiger partial charge in [-0.25, -0.2) is 4.79 Å². The first-order valence-corrected chi connectivity index (χ1v) is 1.82. The van der Waals surface area contributed by atoms with Gasteiger partial charge in [-0.1, -0.05) is 0 Å². The molecule has 0 aliphatic rings. The summed E-state index contributed by atoms with van der Waals surface area (Å²) in [4.78, 5) is 25.5. The topological polar surface area (TPSA) is 101 Å². The summed E-state index contributed by atoms with van der Waals surface area (Å²) in [6, 6.07) is 0. The largest absolute Gasteiger partial charge is 1.00 e. The van der Waals surface area contributed by atoms with E-state index in [0.717, 1.165) is 7.11 Å². The molecule has 0 spiro atoms. The Hall–Kier alpha value is -1.59. The van der Waals surface area contributed by atoms with Gasteiger partial charge in [-0.3, -0.25) is 4.79 Å². The SMILES string of the molecule is C=O.COC(=O)O.O=CO.[H+]. The Labute approximate surface area is 58.5 Å². The number of ether oxygens (including phenoxy) is 1. The third-order valence-corrected chi connectivity index (χ3v) is 0.175. The van der Waals surface area contributed by atoms with E-state index in [1.54, 1.807) is 0 Å². The van der Waals surface area contributed by atoms with Crippen LogP contribution >= 0.6 is 0 Å². The molecule has 2 N–H and O–H groups in total. The highest BCUT2D eigenvalue weighted by molar-refractivity contribution is 5.56. The number of rotatable bonds is 0. The van der Waals surface area contributed by atoms with E-state index in [1.807, 2.05) is 6.79 Å². The fourth-order valence-electron chi connectivity index (χ4n) is 0. The Morgan fingerprint density at radius 2 is 1.80 bits per heavy atom. The van der Waals surface area contributed by atoms with Crippen molar-refractivity contribution in [1.29, 1.82) is 0 Å². The molecule has 0 rings (SSSR count). The van der Waals surface area contributed by atoms with Crippen LogP contribution < -0.4 is 0 Å². The second kappa shape index (κ2) is 26.2. The van der Waals surface area contributed by atoms with Gasteiger partial charge in [-0.2, -0.15) is 0 Å². The molecule has 0 saturated heterocycles. The monoisotopic (exact) mass is 153 g/mol. The van der Waals surface area contributed by atoms with Gasteiger partial charge in [0.15, 0.2) is 0 Å². The van der Waals surface area contributed by atoms with Crippen molar-refractivity contribution in [2.75, 3.05) is 7.11 Å². The van der Waals surface area contributed by atoms with Crippen molar-refractivity contribution < 1.29 is 30.8 Å². The molecule has 0 saturated carbocycles. The molecule has 0 atom stereocenters. The van der Waals surface area contributed by atoms with Crippen LogP contribution in [0.1, 0.15) is 1.43 Å². The molecule has 10 heavy (non-hydrogen) atoms. The molecular formula is C4H9O6+. The first-order chi connectivity index (χ1) is 4.68. The lowest BCUT2D eigenvalue weighted by Gasteiger charge is -1.79. The average Bonchev–Trinajstić information content (AvgIpc) is 1.94. The van der Waals surface area contributed by atoms with Crippen LogP contribution in [0.4, 0.5) is 4.79 Å². The maximum atomic E-state index is 9.15. The molecule has 60 valence electrons. The van der Waals surface area contributed by atoms with Crippen LogP contribution in [-0.4, -0.2) is 36.7 Å². The summed E-state index contributed by atoms with van der Waals surface area (Å²) in [6.45, 7) is 1.75. The molecule has 0 aromatic carbocycles. The molecule has 6 heteroatoms. The minimum atomic E-state index is -1.25. The fraction of sp³-hybridized carbons (Fsp3) is 0.250. The van der Waals surface area contributed by atoms with Crippen molar-refractivity contribution in [1.82, 2.24) is 0 Å². The van der Waals surface area contributed by atoms with Gasteiger partial charge < -0.3 is 19.7 Å². The van der Waals surface area contributed by atoms with E-state index in [2.05, 4.69) is 4.74 Å². The van der Waals surface area contributed by atoms with Crippen molar-refractivity contribution in [3.8, 4) is 0 Å². The highest BCUT2D eigenvalue weighted by Gasteiger charge is 1.80. The lowest BCUT2D eigenvalue weighted by atomic mass is 11.4. The maximum Gasteiger partial charge on any atom is 1.00 e. The normalized spacial score (nSPS) is 4.90. The Morgan fingerprint density at radius 1 is 1.70 bits per heavy atom. The van der Waals surface area contributed by atoms with Crippen LogP contribution in [0.2, 0.25) is 0 Å². The van der Waals surface area contributed by atoms with Crippen molar-refractivity contribution in [2.45, 2.75) is 0 Å². The summed E-state index contributed by atoms with van der Waals surface area (Å²) >= 11 is 0. The fourth-order valence-corrected chi connectivity index (χ4v) is 0. The second-order valence-electron chi connectivity index (χ2n) is 0.575. The van der Waals surface area contributed by atoms with Gasteiger partial charge in [-0.15, -0.1) is 0 Å². The smallest absolute Gasteiger partial charge is 0.483 e. The number of methoxy groups -OCH3 is 1. The molecule has 0 aliphatic carbocycles. The molecule has 0 aromatic heterocycles. The zero-order chi connectivity index (χ0) is 8.99. The van der Waals surface area contributed by atoms with E-state index in [1.165, 1.54) is 0 Å². The molecule has 0 amide bonds. The predicted molar refractivity (Wildman–Crippen MR) is 32.0 cm³/mol. The zero-order valence-electron chi connectivity index (χ0n) is 6.31. The Kier molecular flexibility index (Phi) is 41.3. The van der Waals surface area contributed by atoms with Crippen LogP contribution in [0.5, 0.6) is 0 Å². The average molecular weight is 153 g/mol. The van der Waals surface area contributed by atoms with Crippen molar-refractivity contribution in [3.05, 3.63) is 0 Å². The van der Waals surface area contributed by atoms with Crippen LogP contribution in [0.15, 0.2) is 0 Å². The van der Waals surface area contributed by atoms with E-state index in [9.17, 15) is 0 Å². The van der Waals surface area contributed by atoms with Crippen molar-refractivity contribution in [2.24, 2.45) is 0 Å². The van der Waals surface area contributed by atoms with E-state index in [4.69, 9.17) is 24.6 Å². The molecule has 0 heterocycles. The minimum absolute atomic E-state index is 0. The number of carboxylic acid groups (broad SMARTS) is 2. The lowest BCUT2D eigenvalue weighted by molar-refractivity contribution is -0.122. The summed E-state index contributed by atoms with van der Waals surface area (Å²) in [5, 5.41) is 14.4. The summed E-state index contributed by atoms with van der Waals surface area (Å²) in [6.07, 6.45) is -1.25. The molecule has 0 unspecified atom stereocenters. The third kappa shape index (κ3) is 1120. The molecule has 0 fully saturated rings. The van der Waals surface area contributed by atoms with Crippen molar-refractivity contribution in [3.63, 3.8) is 0 Å². The quantitative estimate of drug-likeness (QED) is 0.373. The van der Waals surface area contributed by atoms with E-state index in [-0.39, 0.29) is 7.90 Å². The second-order valence-corrected chi connectivity index (χ2v) is 0.575.